The molecule has 0 spiro atoms. The molecule has 1 aliphatic heterocycles. The van der Waals surface area contributed by atoms with Crippen molar-refractivity contribution in [1.29, 1.82) is 0 Å². The maximum absolute atomic E-state index is 5.93. The molecule has 1 aromatic carbocycles. The van der Waals surface area contributed by atoms with Crippen LogP contribution < -0.4 is 0 Å². The molecule has 0 N–H and O–H groups in total. The van der Waals surface area contributed by atoms with Crippen LogP contribution in [0.5, 0.6) is 0 Å². The van der Waals surface area contributed by atoms with Crippen LogP contribution >= 0.6 is 23.2 Å². The van der Waals surface area contributed by atoms with Gasteiger partial charge in [-0.25, -0.2) is 0 Å². The van der Waals surface area contributed by atoms with Crippen LogP contribution in [0.3, 0.4) is 0 Å². The number of benzene rings is 1. The Labute approximate surface area is 87.6 Å². The van der Waals surface area contributed by atoms with E-state index in [-0.39, 0.29) is 5.41 Å². The summed E-state index contributed by atoms with van der Waals surface area (Å²) in [6.45, 7) is 3.70. The van der Waals surface area contributed by atoms with E-state index in [1.165, 1.54) is 5.56 Å². The van der Waals surface area contributed by atoms with Crippen molar-refractivity contribution in [3.8, 4) is 0 Å². The highest BCUT2D eigenvalue weighted by Crippen LogP contribution is 2.34. The standard InChI is InChI=1S/C10H10Cl2O/c1-10(5-13-6-10)7-2-3-8(11)9(12)4-7/h2-4H,5-6H2,1H3. The minimum Gasteiger partial charge on any atom is -0.379 e. The molecule has 0 amide bonds. The number of rotatable bonds is 1. The van der Waals surface area contributed by atoms with Gasteiger partial charge in [-0.05, 0) is 17.7 Å². The van der Waals surface area contributed by atoms with Crippen molar-refractivity contribution >= 4 is 23.2 Å². The highest BCUT2D eigenvalue weighted by atomic mass is 35.5. The van der Waals surface area contributed by atoms with Gasteiger partial charge >= 0.3 is 0 Å². The zero-order chi connectivity index (χ0) is 9.47. The van der Waals surface area contributed by atoms with Gasteiger partial charge in [0.2, 0.25) is 0 Å². The molecule has 13 heavy (non-hydrogen) atoms. The van der Waals surface area contributed by atoms with Gasteiger partial charge < -0.3 is 4.74 Å². The summed E-state index contributed by atoms with van der Waals surface area (Å²) < 4.78 is 5.19. The van der Waals surface area contributed by atoms with E-state index in [1.54, 1.807) is 0 Å². The molecule has 1 heterocycles. The molecule has 1 aliphatic rings. The second-order valence-electron chi connectivity index (χ2n) is 3.68. The number of hydrogen-bond acceptors (Lipinski definition) is 1. The van der Waals surface area contributed by atoms with E-state index in [0.717, 1.165) is 13.2 Å². The zero-order valence-corrected chi connectivity index (χ0v) is 8.82. The summed E-state index contributed by atoms with van der Waals surface area (Å²) >= 11 is 11.8. The van der Waals surface area contributed by atoms with E-state index < -0.39 is 0 Å². The van der Waals surface area contributed by atoms with Gasteiger partial charge in [0.05, 0.1) is 23.3 Å². The Morgan fingerprint density at radius 3 is 2.38 bits per heavy atom. The van der Waals surface area contributed by atoms with Gasteiger partial charge in [0.15, 0.2) is 0 Å². The van der Waals surface area contributed by atoms with Gasteiger partial charge in [0.1, 0.15) is 0 Å². The summed E-state index contributed by atoms with van der Waals surface area (Å²) in [7, 11) is 0. The Kier molecular flexibility index (Phi) is 2.26. The summed E-state index contributed by atoms with van der Waals surface area (Å²) in [4.78, 5) is 0. The van der Waals surface area contributed by atoms with E-state index >= 15 is 0 Å². The third kappa shape index (κ3) is 1.56. The predicted octanol–water partition coefficient (Wildman–Crippen LogP) is 3.28. The molecular weight excluding hydrogens is 207 g/mol. The van der Waals surface area contributed by atoms with Crippen LogP contribution in [0.2, 0.25) is 10.0 Å². The van der Waals surface area contributed by atoms with Crippen LogP contribution in [0.1, 0.15) is 12.5 Å². The van der Waals surface area contributed by atoms with Crippen LogP contribution in [0, 0.1) is 0 Å². The van der Waals surface area contributed by atoms with Crippen molar-refractivity contribution in [1.82, 2.24) is 0 Å². The maximum atomic E-state index is 5.93. The first-order valence-electron chi connectivity index (χ1n) is 4.15. The van der Waals surface area contributed by atoms with Gasteiger partial charge in [-0.1, -0.05) is 36.2 Å². The van der Waals surface area contributed by atoms with E-state index in [1.807, 2.05) is 18.2 Å². The van der Waals surface area contributed by atoms with Crippen LogP contribution in [0.15, 0.2) is 18.2 Å². The summed E-state index contributed by atoms with van der Waals surface area (Å²) in [6.07, 6.45) is 0. The highest BCUT2D eigenvalue weighted by Gasteiger charge is 2.35. The Bertz CT molecular complexity index is 332. The normalized spacial score (nSPS) is 19.6. The lowest BCUT2D eigenvalue weighted by Crippen LogP contribution is -2.43. The quantitative estimate of drug-likeness (QED) is 0.701. The van der Waals surface area contributed by atoms with Gasteiger partial charge in [0.25, 0.3) is 0 Å². The van der Waals surface area contributed by atoms with Crippen molar-refractivity contribution in [2.45, 2.75) is 12.3 Å². The van der Waals surface area contributed by atoms with Crippen LogP contribution in [0.25, 0.3) is 0 Å². The minimum absolute atomic E-state index is 0.133. The molecular formula is C10H10Cl2O. The molecule has 1 aromatic rings. The van der Waals surface area contributed by atoms with Crippen LogP contribution in [-0.4, -0.2) is 13.2 Å². The molecule has 1 fully saturated rings. The first kappa shape index (κ1) is 9.32. The van der Waals surface area contributed by atoms with E-state index in [0.29, 0.717) is 10.0 Å². The van der Waals surface area contributed by atoms with E-state index in [2.05, 4.69) is 6.92 Å². The monoisotopic (exact) mass is 216 g/mol. The number of hydrogen-bond donors (Lipinski definition) is 0. The van der Waals surface area contributed by atoms with Crippen LogP contribution in [0.4, 0.5) is 0 Å². The maximum Gasteiger partial charge on any atom is 0.0595 e. The van der Waals surface area contributed by atoms with Gasteiger partial charge in [-0.2, -0.15) is 0 Å². The first-order chi connectivity index (χ1) is 6.12. The third-order valence-electron chi connectivity index (χ3n) is 2.46. The summed E-state index contributed by atoms with van der Waals surface area (Å²) in [5.41, 5.74) is 1.34. The smallest absolute Gasteiger partial charge is 0.0595 e. The molecule has 0 atom stereocenters. The molecule has 0 aromatic heterocycles. The molecule has 0 radical (unpaired) electrons. The van der Waals surface area contributed by atoms with Gasteiger partial charge in [0, 0.05) is 5.41 Å². The molecule has 0 aliphatic carbocycles. The van der Waals surface area contributed by atoms with Crippen molar-refractivity contribution in [2.24, 2.45) is 0 Å². The fourth-order valence-electron chi connectivity index (χ4n) is 1.45. The summed E-state index contributed by atoms with van der Waals surface area (Å²) in [5, 5.41) is 1.22. The largest absolute Gasteiger partial charge is 0.379 e. The predicted molar refractivity (Wildman–Crippen MR) is 54.6 cm³/mol. The molecule has 0 bridgehead atoms. The first-order valence-corrected chi connectivity index (χ1v) is 4.91. The Hall–Kier alpha value is -0.240. The topological polar surface area (TPSA) is 9.23 Å². The second-order valence-corrected chi connectivity index (χ2v) is 4.50. The number of halogens is 2. The fraction of sp³-hybridized carbons (Fsp3) is 0.400. The van der Waals surface area contributed by atoms with Crippen molar-refractivity contribution in [3.63, 3.8) is 0 Å². The number of ether oxygens (including phenoxy) is 1. The molecule has 3 heteroatoms. The Morgan fingerprint density at radius 2 is 1.92 bits per heavy atom. The molecule has 2 rings (SSSR count). The van der Waals surface area contributed by atoms with Gasteiger partial charge in [-0.15, -0.1) is 0 Å². The molecule has 0 unspecified atom stereocenters. The van der Waals surface area contributed by atoms with Crippen molar-refractivity contribution in [3.05, 3.63) is 33.8 Å². The summed E-state index contributed by atoms with van der Waals surface area (Å²) in [5.74, 6) is 0. The third-order valence-corrected chi connectivity index (χ3v) is 3.20. The van der Waals surface area contributed by atoms with Crippen molar-refractivity contribution < 1.29 is 4.74 Å². The zero-order valence-electron chi connectivity index (χ0n) is 7.31. The Balaban J connectivity index is 2.36. The van der Waals surface area contributed by atoms with Gasteiger partial charge in [-0.3, -0.25) is 0 Å². The van der Waals surface area contributed by atoms with Crippen LogP contribution in [-0.2, 0) is 10.2 Å². The second kappa shape index (κ2) is 3.16. The summed E-state index contributed by atoms with van der Waals surface area (Å²) in [6, 6.07) is 5.77. The van der Waals surface area contributed by atoms with E-state index in [9.17, 15) is 0 Å². The van der Waals surface area contributed by atoms with E-state index in [4.69, 9.17) is 27.9 Å². The molecule has 70 valence electrons. The molecule has 1 saturated heterocycles. The average Bonchev–Trinajstić information content (AvgIpc) is 2.06. The SMILES string of the molecule is CC1(c2ccc(Cl)c(Cl)c2)COC1. The molecule has 0 saturated carbocycles. The lowest BCUT2D eigenvalue weighted by atomic mass is 9.81. The lowest BCUT2D eigenvalue weighted by molar-refractivity contribution is -0.0500. The Morgan fingerprint density at radius 1 is 1.23 bits per heavy atom. The minimum atomic E-state index is 0.133. The molecule has 1 nitrogen and oxygen atoms in total. The van der Waals surface area contributed by atoms with Crippen molar-refractivity contribution in [2.75, 3.05) is 13.2 Å². The fourth-order valence-corrected chi connectivity index (χ4v) is 1.74. The lowest BCUT2D eigenvalue weighted by Gasteiger charge is -2.38. The highest BCUT2D eigenvalue weighted by molar-refractivity contribution is 6.42. The average molecular weight is 217 g/mol.